The maximum atomic E-state index is 12.3. The highest BCUT2D eigenvalue weighted by atomic mass is 16.5. The van der Waals surface area contributed by atoms with Gasteiger partial charge in [-0.15, -0.1) is 0 Å². The first-order chi connectivity index (χ1) is 11.2. The highest BCUT2D eigenvalue weighted by molar-refractivity contribution is 6.21. The Bertz CT molecular complexity index is 687. The van der Waals surface area contributed by atoms with Crippen molar-refractivity contribution in [3.63, 3.8) is 0 Å². The lowest BCUT2D eigenvalue weighted by Crippen LogP contribution is -2.29. The number of hydrogen-bond acceptors (Lipinski definition) is 3. The van der Waals surface area contributed by atoms with Crippen LogP contribution in [-0.4, -0.2) is 23.3 Å². The van der Waals surface area contributed by atoms with Crippen molar-refractivity contribution in [1.82, 2.24) is 4.90 Å². The SMILES string of the molecule is CCCOCc1ccc(CN2C(=O)c3ccccc3C2=O)cc1. The molecule has 0 radical (unpaired) electrons. The average Bonchev–Trinajstić information content (AvgIpc) is 2.82. The lowest BCUT2D eigenvalue weighted by molar-refractivity contribution is 0.0642. The molecule has 2 aromatic carbocycles. The van der Waals surface area contributed by atoms with Crippen molar-refractivity contribution < 1.29 is 14.3 Å². The molecule has 0 N–H and O–H groups in total. The lowest BCUT2D eigenvalue weighted by Gasteiger charge is -2.14. The second-order valence-corrected chi connectivity index (χ2v) is 5.61. The molecular formula is C19H19NO3. The number of nitrogens with zero attached hydrogens (tertiary/aromatic N) is 1. The van der Waals surface area contributed by atoms with Gasteiger partial charge in [0.25, 0.3) is 11.8 Å². The molecule has 0 saturated heterocycles. The fourth-order valence-corrected chi connectivity index (χ4v) is 2.64. The molecule has 0 atom stereocenters. The van der Waals surface area contributed by atoms with Crippen molar-refractivity contribution >= 4 is 11.8 Å². The second-order valence-electron chi connectivity index (χ2n) is 5.61. The zero-order chi connectivity index (χ0) is 16.2. The molecule has 1 heterocycles. The van der Waals surface area contributed by atoms with Crippen molar-refractivity contribution in [2.75, 3.05) is 6.61 Å². The van der Waals surface area contributed by atoms with Crippen LogP contribution in [0.25, 0.3) is 0 Å². The van der Waals surface area contributed by atoms with Gasteiger partial charge in [-0.2, -0.15) is 0 Å². The first-order valence-electron chi connectivity index (χ1n) is 7.81. The minimum atomic E-state index is -0.221. The molecule has 0 bridgehead atoms. The van der Waals surface area contributed by atoms with Gasteiger partial charge in [0, 0.05) is 6.61 Å². The van der Waals surface area contributed by atoms with Crippen LogP contribution >= 0.6 is 0 Å². The molecule has 0 aromatic heterocycles. The van der Waals surface area contributed by atoms with Crippen LogP contribution in [0.1, 0.15) is 45.2 Å². The molecule has 2 aromatic rings. The molecule has 118 valence electrons. The summed E-state index contributed by atoms with van der Waals surface area (Å²) in [6, 6.07) is 14.8. The minimum absolute atomic E-state index is 0.221. The van der Waals surface area contributed by atoms with E-state index in [0.29, 0.717) is 24.3 Å². The van der Waals surface area contributed by atoms with E-state index in [9.17, 15) is 9.59 Å². The summed E-state index contributed by atoms with van der Waals surface area (Å²) in [5.74, 6) is -0.443. The topological polar surface area (TPSA) is 46.6 Å². The minimum Gasteiger partial charge on any atom is -0.377 e. The Balaban J connectivity index is 1.68. The van der Waals surface area contributed by atoms with Gasteiger partial charge in [0.15, 0.2) is 0 Å². The number of amides is 2. The Morgan fingerprint density at radius 2 is 1.43 bits per heavy atom. The summed E-state index contributed by atoms with van der Waals surface area (Å²) in [5.41, 5.74) is 2.99. The third-order valence-corrected chi connectivity index (χ3v) is 3.86. The summed E-state index contributed by atoms with van der Waals surface area (Å²) >= 11 is 0. The van der Waals surface area contributed by atoms with Gasteiger partial charge < -0.3 is 4.74 Å². The summed E-state index contributed by atoms with van der Waals surface area (Å²) in [7, 11) is 0. The molecular weight excluding hydrogens is 290 g/mol. The number of hydrogen-bond donors (Lipinski definition) is 0. The summed E-state index contributed by atoms with van der Waals surface area (Å²) < 4.78 is 5.50. The third kappa shape index (κ3) is 3.17. The van der Waals surface area contributed by atoms with Gasteiger partial charge >= 0.3 is 0 Å². The highest BCUT2D eigenvalue weighted by Crippen LogP contribution is 2.24. The van der Waals surface area contributed by atoms with Crippen LogP contribution in [0.4, 0.5) is 0 Å². The van der Waals surface area contributed by atoms with Gasteiger partial charge in [0.2, 0.25) is 0 Å². The number of fused-ring (bicyclic) bond motifs is 1. The molecule has 3 rings (SSSR count). The van der Waals surface area contributed by atoms with Crippen LogP contribution < -0.4 is 0 Å². The maximum absolute atomic E-state index is 12.3. The zero-order valence-corrected chi connectivity index (χ0v) is 13.1. The Morgan fingerprint density at radius 1 is 0.870 bits per heavy atom. The highest BCUT2D eigenvalue weighted by Gasteiger charge is 2.34. The Morgan fingerprint density at radius 3 is 2.00 bits per heavy atom. The normalized spacial score (nSPS) is 13.5. The maximum Gasteiger partial charge on any atom is 0.261 e. The van der Waals surface area contributed by atoms with Crippen LogP contribution in [-0.2, 0) is 17.9 Å². The number of ether oxygens (including phenoxy) is 1. The fourth-order valence-electron chi connectivity index (χ4n) is 2.64. The predicted octanol–water partition coefficient (Wildman–Crippen LogP) is 3.41. The van der Waals surface area contributed by atoms with E-state index in [2.05, 4.69) is 6.92 Å². The number of rotatable bonds is 6. The monoisotopic (exact) mass is 309 g/mol. The number of imide groups is 1. The van der Waals surface area contributed by atoms with Crippen molar-refractivity contribution in [3.05, 3.63) is 70.8 Å². The lowest BCUT2D eigenvalue weighted by atomic mass is 10.1. The molecule has 0 fully saturated rings. The van der Waals surface area contributed by atoms with Crippen molar-refractivity contribution in [2.45, 2.75) is 26.5 Å². The molecule has 1 aliphatic heterocycles. The van der Waals surface area contributed by atoms with Crippen molar-refractivity contribution in [3.8, 4) is 0 Å². The molecule has 0 unspecified atom stereocenters. The summed E-state index contributed by atoms with van der Waals surface area (Å²) in [6.07, 6.45) is 0.998. The van der Waals surface area contributed by atoms with Crippen LogP contribution in [0.3, 0.4) is 0 Å². The van der Waals surface area contributed by atoms with E-state index in [0.717, 1.165) is 24.2 Å². The average molecular weight is 309 g/mol. The molecule has 2 amide bonds. The second kappa shape index (κ2) is 6.75. The van der Waals surface area contributed by atoms with E-state index in [1.54, 1.807) is 24.3 Å². The first-order valence-corrected chi connectivity index (χ1v) is 7.81. The van der Waals surface area contributed by atoms with Gasteiger partial charge in [-0.05, 0) is 29.7 Å². The summed E-state index contributed by atoms with van der Waals surface area (Å²) in [5, 5.41) is 0. The molecule has 23 heavy (non-hydrogen) atoms. The quantitative estimate of drug-likeness (QED) is 0.607. The summed E-state index contributed by atoms with van der Waals surface area (Å²) in [4.78, 5) is 26.0. The zero-order valence-electron chi connectivity index (χ0n) is 13.1. The van der Waals surface area contributed by atoms with Crippen LogP contribution in [0, 0.1) is 0 Å². The fraction of sp³-hybridized carbons (Fsp3) is 0.263. The molecule has 0 spiro atoms. The third-order valence-electron chi connectivity index (χ3n) is 3.86. The van der Waals surface area contributed by atoms with Gasteiger partial charge in [0.05, 0.1) is 24.3 Å². The van der Waals surface area contributed by atoms with E-state index in [-0.39, 0.29) is 11.8 Å². The molecule has 0 saturated carbocycles. The molecule has 4 nitrogen and oxygen atoms in total. The van der Waals surface area contributed by atoms with E-state index in [1.165, 1.54) is 4.90 Å². The van der Waals surface area contributed by atoms with E-state index in [4.69, 9.17) is 4.74 Å². The molecule has 4 heteroatoms. The van der Waals surface area contributed by atoms with Crippen LogP contribution in [0.2, 0.25) is 0 Å². The van der Waals surface area contributed by atoms with E-state index < -0.39 is 0 Å². The Hall–Kier alpha value is -2.46. The van der Waals surface area contributed by atoms with E-state index >= 15 is 0 Å². The van der Waals surface area contributed by atoms with Crippen molar-refractivity contribution in [2.24, 2.45) is 0 Å². The Labute approximate surface area is 135 Å². The van der Waals surface area contributed by atoms with Crippen LogP contribution in [0.5, 0.6) is 0 Å². The number of benzene rings is 2. The number of carbonyl (C=O) groups is 2. The van der Waals surface area contributed by atoms with Crippen LogP contribution in [0.15, 0.2) is 48.5 Å². The largest absolute Gasteiger partial charge is 0.377 e. The number of carbonyl (C=O) groups excluding carboxylic acids is 2. The van der Waals surface area contributed by atoms with Gasteiger partial charge in [0.1, 0.15) is 0 Å². The molecule has 0 aliphatic carbocycles. The first kappa shape index (κ1) is 15.4. The smallest absolute Gasteiger partial charge is 0.261 e. The summed E-state index contributed by atoms with van der Waals surface area (Å²) in [6.45, 7) is 3.70. The Kier molecular flexibility index (Phi) is 4.53. The van der Waals surface area contributed by atoms with Gasteiger partial charge in [-0.1, -0.05) is 43.3 Å². The standard InChI is InChI=1S/C19H19NO3/c1-2-11-23-13-15-9-7-14(8-10-15)12-20-18(21)16-5-3-4-6-17(16)19(20)22/h3-10H,2,11-13H2,1H3. The molecule has 1 aliphatic rings. The van der Waals surface area contributed by atoms with E-state index in [1.807, 2.05) is 24.3 Å². The van der Waals surface area contributed by atoms with Gasteiger partial charge in [-0.3, -0.25) is 14.5 Å². The van der Waals surface area contributed by atoms with Crippen molar-refractivity contribution in [1.29, 1.82) is 0 Å². The van der Waals surface area contributed by atoms with Gasteiger partial charge in [-0.25, -0.2) is 0 Å². The predicted molar refractivity (Wildman–Crippen MR) is 87.0 cm³/mol.